The van der Waals surface area contributed by atoms with Crippen LogP contribution in [0.2, 0.25) is 5.02 Å². The van der Waals surface area contributed by atoms with Gasteiger partial charge in [-0.05, 0) is 73.0 Å². The zero-order valence-corrected chi connectivity index (χ0v) is 22.0. The number of nitrogens with one attached hydrogen (secondary N) is 1. The van der Waals surface area contributed by atoms with Gasteiger partial charge in [0.2, 0.25) is 0 Å². The largest absolute Gasteiger partial charge is 0.489 e. The van der Waals surface area contributed by atoms with E-state index in [0.29, 0.717) is 41.8 Å². The van der Waals surface area contributed by atoms with Crippen LogP contribution in [0.15, 0.2) is 90.6 Å². The number of halogens is 1. The highest BCUT2D eigenvalue weighted by Gasteiger charge is 2.19. The van der Waals surface area contributed by atoms with Crippen molar-refractivity contribution < 1.29 is 14.3 Å². The smallest absolute Gasteiger partial charge is 0.262 e. The minimum Gasteiger partial charge on any atom is -0.489 e. The molecule has 1 atom stereocenters. The molecule has 1 aliphatic rings. The van der Waals surface area contributed by atoms with Gasteiger partial charge in [0.1, 0.15) is 24.0 Å². The van der Waals surface area contributed by atoms with Gasteiger partial charge in [-0.3, -0.25) is 4.79 Å². The maximum atomic E-state index is 12.8. The maximum absolute atomic E-state index is 12.8. The van der Waals surface area contributed by atoms with E-state index in [1.807, 2.05) is 91.1 Å². The van der Waals surface area contributed by atoms with Crippen molar-refractivity contribution in [1.29, 1.82) is 5.26 Å². The Morgan fingerprint density at radius 2 is 1.90 bits per heavy atom. The minimum atomic E-state index is -0.433. The summed E-state index contributed by atoms with van der Waals surface area (Å²) in [4.78, 5) is 12.8. The lowest BCUT2D eigenvalue weighted by molar-refractivity contribution is -0.117. The van der Waals surface area contributed by atoms with Gasteiger partial charge in [-0.1, -0.05) is 41.9 Å². The number of carbonyl (C=O) groups is 1. The summed E-state index contributed by atoms with van der Waals surface area (Å²) in [5.74, 6) is 0.275. The van der Waals surface area contributed by atoms with Crippen LogP contribution >= 0.6 is 11.6 Å². The molecule has 2 heterocycles. The lowest BCUT2D eigenvalue weighted by Crippen LogP contribution is -2.32. The normalized spacial score (nSPS) is 15.1. The second kappa shape index (κ2) is 12.4. The van der Waals surface area contributed by atoms with Crippen molar-refractivity contribution in [3.8, 4) is 28.8 Å². The second-order valence-corrected chi connectivity index (χ2v) is 9.60. The number of nitriles is 1. The monoisotopic (exact) mass is 538 g/mol. The SMILES string of the molecule is N#C/C(=C/c1cn(-c2ccccc2)nc1-c1ccc(OCc2ccc(Cl)cc2)cc1)C(=O)NCC1CCCO1. The van der Waals surface area contributed by atoms with E-state index in [1.54, 1.807) is 10.8 Å². The molecule has 0 spiro atoms. The number of amides is 1. The standard InChI is InChI=1S/C31H27ClN4O3/c32-26-12-8-22(9-13-26)21-39-28-14-10-23(11-15-28)30-25(20-36(35-30)27-5-2-1-3-6-27)17-24(18-33)31(37)34-19-29-7-4-16-38-29/h1-3,5-6,8-15,17,20,29H,4,7,16,19,21H2,(H,34,37)/b24-17-. The molecule has 7 nitrogen and oxygen atoms in total. The summed E-state index contributed by atoms with van der Waals surface area (Å²) in [6, 6.07) is 26.8. The first-order valence-electron chi connectivity index (χ1n) is 12.7. The first-order chi connectivity index (χ1) is 19.1. The number of nitrogens with zero attached hydrogens (tertiary/aromatic N) is 3. The van der Waals surface area contributed by atoms with Crippen molar-refractivity contribution in [3.63, 3.8) is 0 Å². The van der Waals surface area contributed by atoms with Crippen LogP contribution in [0.3, 0.4) is 0 Å². The zero-order valence-electron chi connectivity index (χ0n) is 21.2. The lowest BCUT2D eigenvalue weighted by Gasteiger charge is -2.10. The molecule has 39 heavy (non-hydrogen) atoms. The number of ether oxygens (including phenoxy) is 2. The molecular formula is C31H27ClN4O3. The van der Waals surface area contributed by atoms with Crippen LogP contribution < -0.4 is 10.1 Å². The predicted octanol–water partition coefficient (Wildman–Crippen LogP) is 5.97. The molecule has 1 fully saturated rings. The van der Waals surface area contributed by atoms with Crippen LogP contribution in [0.4, 0.5) is 0 Å². The van der Waals surface area contributed by atoms with Gasteiger partial charge in [-0.2, -0.15) is 10.4 Å². The number of hydrogen-bond donors (Lipinski definition) is 1. The van der Waals surface area contributed by atoms with Gasteiger partial charge >= 0.3 is 0 Å². The summed E-state index contributed by atoms with van der Waals surface area (Å²) in [5, 5.41) is 18.1. The van der Waals surface area contributed by atoms with Crippen LogP contribution in [0.1, 0.15) is 24.0 Å². The van der Waals surface area contributed by atoms with E-state index in [-0.39, 0.29) is 11.7 Å². The van der Waals surface area contributed by atoms with E-state index in [0.717, 1.165) is 29.7 Å². The van der Waals surface area contributed by atoms with Gasteiger partial charge in [0.15, 0.2) is 0 Å². The van der Waals surface area contributed by atoms with Crippen molar-refractivity contribution in [2.24, 2.45) is 0 Å². The highest BCUT2D eigenvalue weighted by molar-refractivity contribution is 6.30. The molecule has 4 aromatic rings. The summed E-state index contributed by atoms with van der Waals surface area (Å²) in [6.45, 7) is 1.50. The number of carbonyl (C=O) groups excluding carboxylic acids is 1. The predicted molar refractivity (Wildman–Crippen MR) is 150 cm³/mol. The van der Waals surface area contributed by atoms with Gasteiger partial charge in [-0.15, -0.1) is 0 Å². The van der Waals surface area contributed by atoms with E-state index < -0.39 is 5.91 Å². The second-order valence-electron chi connectivity index (χ2n) is 9.17. The van der Waals surface area contributed by atoms with Crippen LogP contribution in [0, 0.1) is 11.3 Å². The molecule has 196 valence electrons. The number of rotatable bonds is 9. The van der Waals surface area contributed by atoms with Gasteiger partial charge in [0.25, 0.3) is 5.91 Å². The van der Waals surface area contributed by atoms with E-state index in [4.69, 9.17) is 26.2 Å². The third kappa shape index (κ3) is 6.74. The Labute approximate surface area is 232 Å². The first-order valence-corrected chi connectivity index (χ1v) is 13.1. The molecule has 1 saturated heterocycles. The summed E-state index contributed by atoms with van der Waals surface area (Å²) in [6.07, 6.45) is 5.27. The fourth-order valence-electron chi connectivity index (χ4n) is 4.30. The third-order valence-corrected chi connectivity index (χ3v) is 6.64. The van der Waals surface area contributed by atoms with Crippen molar-refractivity contribution >= 4 is 23.6 Å². The molecule has 1 aromatic heterocycles. The lowest BCUT2D eigenvalue weighted by atomic mass is 10.1. The van der Waals surface area contributed by atoms with Crippen LogP contribution in [-0.4, -0.2) is 34.9 Å². The third-order valence-electron chi connectivity index (χ3n) is 6.39. The summed E-state index contributed by atoms with van der Waals surface area (Å²) in [7, 11) is 0. The van der Waals surface area contributed by atoms with E-state index in [1.165, 1.54) is 0 Å². The van der Waals surface area contributed by atoms with Crippen molar-refractivity contribution in [1.82, 2.24) is 15.1 Å². The molecule has 0 saturated carbocycles. The molecule has 0 aliphatic carbocycles. The fourth-order valence-corrected chi connectivity index (χ4v) is 4.42. The fraction of sp³-hybridized carbons (Fsp3) is 0.194. The average molecular weight is 539 g/mol. The van der Waals surface area contributed by atoms with Crippen LogP contribution in [0.25, 0.3) is 23.0 Å². The van der Waals surface area contributed by atoms with Crippen molar-refractivity contribution in [2.75, 3.05) is 13.2 Å². The quantitative estimate of drug-likeness (QED) is 0.209. The topological polar surface area (TPSA) is 89.2 Å². The molecule has 8 heteroatoms. The Morgan fingerprint density at radius 1 is 1.13 bits per heavy atom. The molecule has 1 unspecified atom stereocenters. The van der Waals surface area contributed by atoms with Gasteiger partial charge in [0.05, 0.1) is 17.5 Å². The number of aromatic nitrogens is 2. The molecule has 1 aliphatic heterocycles. The Morgan fingerprint density at radius 3 is 2.59 bits per heavy atom. The number of para-hydroxylation sites is 1. The Kier molecular flexibility index (Phi) is 8.37. The summed E-state index contributed by atoms with van der Waals surface area (Å²) in [5.41, 5.74) is 4.00. The van der Waals surface area contributed by atoms with Crippen molar-refractivity contribution in [2.45, 2.75) is 25.6 Å². The molecule has 0 radical (unpaired) electrons. The highest BCUT2D eigenvalue weighted by atomic mass is 35.5. The van der Waals surface area contributed by atoms with Gasteiger partial charge in [0, 0.05) is 35.5 Å². The van der Waals surface area contributed by atoms with E-state index >= 15 is 0 Å². The Bertz CT molecular complexity index is 1480. The summed E-state index contributed by atoms with van der Waals surface area (Å²) < 4.78 is 13.2. The van der Waals surface area contributed by atoms with E-state index in [9.17, 15) is 10.1 Å². The van der Waals surface area contributed by atoms with Gasteiger partial charge in [-0.25, -0.2) is 4.68 Å². The molecule has 0 bridgehead atoms. The molecule has 3 aromatic carbocycles. The highest BCUT2D eigenvalue weighted by Crippen LogP contribution is 2.28. The molecule has 1 amide bonds. The average Bonchev–Trinajstić information content (AvgIpc) is 3.65. The summed E-state index contributed by atoms with van der Waals surface area (Å²) >= 11 is 5.96. The zero-order chi connectivity index (χ0) is 27.0. The van der Waals surface area contributed by atoms with Gasteiger partial charge < -0.3 is 14.8 Å². The molecular weight excluding hydrogens is 512 g/mol. The number of hydrogen-bond acceptors (Lipinski definition) is 5. The first kappa shape index (κ1) is 26.2. The van der Waals surface area contributed by atoms with Crippen LogP contribution in [0.5, 0.6) is 5.75 Å². The number of benzene rings is 3. The maximum Gasteiger partial charge on any atom is 0.262 e. The Hall–Kier alpha value is -4.38. The van der Waals surface area contributed by atoms with E-state index in [2.05, 4.69) is 5.32 Å². The molecule has 5 rings (SSSR count). The molecule has 1 N–H and O–H groups in total. The minimum absolute atomic E-state index is 0.00442. The Balaban J connectivity index is 1.39. The van der Waals surface area contributed by atoms with Crippen molar-refractivity contribution in [3.05, 3.63) is 107 Å². The van der Waals surface area contributed by atoms with Crippen LogP contribution in [-0.2, 0) is 16.1 Å².